The van der Waals surface area contributed by atoms with Crippen molar-refractivity contribution in [3.05, 3.63) is 119 Å². The summed E-state index contributed by atoms with van der Waals surface area (Å²) in [5, 5.41) is 10.6. The highest BCUT2D eigenvalue weighted by molar-refractivity contribution is 6.08. The third-order valence-electron chi connectivity index (χ3n) is 8.19. The normalized spacial score (nSPS) is 13.3. The zero-order valence-electron chi connectivity index (χ0n) is 22.4. The number of hydrogen-bond donors (Lipinski definition) is 0. The predicted molar refractivity (Wildman–Crippen MR) is 166 cm³/mol. The minimum atomic E-state index is 0.0731. The van der Waals surface area contributed by atoms with Crippen molar-refractivity contribution >= 4 is 44.5 Å². The van der Waals surface area contributed by atoms with E-state index in [0.29, 0.717) is 0 Å². The van der Waals surface area contributed by atoms with Gasteiger partial charge in [-0.25, -0.2) is 0 Å². The van der Waals surface area contributed by atoms with Gasteiger partial charge in [0, 0.05) is 0 Å². The Balaban J connectivity index is 1.64. The summed E-state index contributed by atoms with van der Waals surface area (Å²) in [4.78, 5) is 0. The molecule has 0 amide bonds. The highest BCUT2D eigenvalue weighted by atomic mass is 14.2. The summed E-state index contributed by atoms with van der Waals surface area (Å²) in [6.45, 7) is 6.94. The Kier molecular flexibility index (Phi) is 5.27. The van der Waals surface area contributed by atoms with Crippen LogP contribution >= 0.6 is 0 Å². The van der Waals surface area contributed by atoms with Gasteiger partial charge in [-0.15, -0.1) is 0 Å². The molecule has 38 heavy (non-hydrogen) atoms. The molecule has 0 unspecified atom stereocenters. The van der Waals surface area contributed by atoms with E-state index >= 15 is 0 Å². The van der Waals surface area contributed by atoms with E-state index in [1.165, 1.54) is 70.6 Å². The van der Waals surface area contributed by atoms with Crippen molar-refractivity contribution in [2.75, 3.05) is 0 Å². The highest BCUT2D eigenvalue weighted by Crippen LogP contribution is 2.36. The highest BCUT2D eigenvalue weighted by Gasteiger charge is 2.20. The van der Waals surface area contributed by atoms with Crippen LogP contribution in [0.4, 0.5) is 0 Å². The van der Waals surface area contributed by atoms with Crippen LogP contribution in [-0.2, 0) is 5.41 Å². The van der Waals surface area contributed by atoms with Crippen LogP contribution in [0, 0.1) is 0 Å². The maximum absolute atomic E-state index is 2.48. The van der Waals surface area contributed by atoms with Crippen LogP contribution in [0.15, 0.2) is 103 Å². The van der Waals surface area contributed by atoms with Crippen molar-refractivity contribution in [1.29, 1.82) is 0 Å². The van der Waals surface area contributed by atoms with Gasteiger partial charge >= 0.3 is 0 Å². The van der Waals surface area contributed by atoms with Gasteiger partial charge in [-0.2, -0.15) is 0 Å². The molecule has 0 spiro atoms. The van der Waals surface area contributed by atoms with E-state index in [1.807, 2.05) is 0 Å². The Morgan fingerprint density at radius 2 is 0.974 bits per heavy atom. The second kappa shape index (κ2) is 8.71. The second-order valence-electron chi connectivity index (χ2n) is 11.7. The average Bonchev–Trinajstić information content (AvgIpc) is 2.94. The van der Waals surface area contributed by atoms with Crippen LogP contribution in [0.3, 0.4) is 0 Å². The van der Waals surface area contributed by atoms with E-state index in [2.05, 4.69) is 136 Å². The monoisotopic (exact) mass is 488 g/mol. The summed E-state index contributed by atoms with van der Waals surface area (Å²) < 4.78 is 0. The Bertz CT molecular complexity index is 2000. The molecule has 0 bridgehead atoms. The van der Waals surface area contributed by atoms with E-state index < -0.39 is 0 Å². The molecule has 0 heteroatoms. The van der Waals surface area contributed by atoms with E-state index in [-0.39, 0.29) is 5.41 Å². The molecule has 7 rings (SSSR count). The van der Waals surface area contributed by atoms with Crippen LogP contribution in [0.5, 0.6) is 0 Å². The second-order valence-corrected chi connectivity index (χ2v) is 11.7. The molecule has 0 radical (unpaired) electrons. The molecule has 184 valence electrons. The quantitative estimate of drug-likeness (QED) is 0.228. The van der Waals surface area contributed by atoms with Crippen molar-refractivity contribution in [3.63, 3.8) is 0 Å². The van der Waals surface area contributed by atoms with Crippen molar-refractivity contribution in [2.45, 2.75) is 39.0 Å². The zero-order valence-corrected chi connectivity index (χ0v) is 22.4. The summed E-state index contributed by atoms with van der Waals surface area (Å²) >= 11 is 0. The summed E-state index contributed by atoms with van der Waals surface area (Å²) in [6.07, 6.45) is 7.11. The average molecular weight is 489 g/mol. The van der Waals surface area contributed by atoms with Crippen LogP contribution in [0.1, 0.15) is 39.2 Å². The predicted octanol–water partition coefficient (Wildman–Crippen LogP) is 9.13. The van der Waals surface area contributed by atoms with Gasteiger partial charge in [0.2, 0.25) is 0 Å². The molecule has 0 atom stereocenters. The summed E-state index contributed by atoms with van der Waals surface area (Å²) in [6, 6.07) is 38.5. The van der Waals surface area contributed by atoms with Crippen LogP contribution in [0.2, 0.25) is 0 Å². The smallest absolute Gasteiger partial charge is 0.00294 e. The Morgan fingerprint density at radius 3 is 1.50 bits per heavy atom. The van der Waals surface area contributed by atoms with Gasteiger partial charge in [-0.3, -0.25) is 0 Å². The maximum atomic E-state index is 2.48. The standard InChI is InChI=1S/C38H32/c1-38(2,3)31-20-21-34-35(24-31)37(30-19-17-26-11-5-7-13-28(26)23-30)33-15-9-8-14-32(33)36(34)29-18-16-25-10-4-6-12-27(25)22-29/h4-7,10-24H,8-9H2,1-3H3. The van der Waals surface area contributed by atoms with E-state index in [1.54, 1.807) is 0 Å². The number of rotatable bonds is 2. The fourth-order valence-corrected chi connectivity index (χ4v) is 6.19. The number of hydrogen-bond acceptors (Lipinski definition) is 0. The van der Waals surface area contributed by atoms with E-state index in [4.69, 9.17) is 0 Å². The Labute approximate surface area is 224 Å². The third-order valence-corrected chi connectivity index (χ3v) is 8.19. The molecule has 0 saturated carbocycles. The van der Waals surface area contributed by atoms with E-state index in [9.17, 15) is 0 Å². The van der Waals surface area contributed by atoms with Crippen LogP contribution in [-0.4, -0.2) is 0 Å². The molecule has 1 aliphatic carbocycles. The SMILES string of the molecule is CC(C)(C)c1ccc2c(-c3ccc4ccccc4c3)c3c(c(-c4ccc5ccccc5c4)c2c1)=CCCC=3. The topological polar surface area (TPSA) is 0 Å². The number of benzene rings is 6. The van der Waals surface area contributed by atoms with Crippen molar-refractivity contribution in [3.8, 4) is 22.3 Å². The van der Waals surface area contributed by atoms with Crippen molar-refractivity contribution < 1.29 is 0 Å². The third kappa shape index (κ3) is 3.75. The van der Waals surface area contributed by atoms with Crippen LogP contribution in [0.25, 0.3) is 66.7 Å². The lowest BCUT2D eigenvalue weighted by molar-refractivity contribution is 0.591. The molecule has 0 nitrogen and oxygen atoms in total. The maximum Gasteiger partial charge on any atom is -0.00294 e. The first-order valence-electron chi connectivity index (χ1n) is 13.8. The van der Waals surface area contributed by atoms with Crippen molar-refractivity contribution in [1.82, 2.24) is 0 Å². The van der Waals surface area contributed by atoms with Gasteiger partial charge in [0.15, 0.2) is 0 Å². The van der Waals surface area contributed by atoms with Gasteiger partial charge in [0.05, 0.1) is 0 Å². The van der Waals surface area contributed by atoms with E-state index in [0.717, 1.165) is 12.8 Å². The summed E-state index contributed by atoms with van der Waals surface area (Å²) in [5.41, 5.74) is 6.77. The summed E-state index contributed by atoms with van der Waals surface area (Å²) in [5.74, 6) is 0. The fraction of sp³-hybridized carbons (Fsp3) is 0.158. The van der Waals surface area contributed by atoms with Gasteiger partial charge < -0.3 is 0 Å². The Hall–Kier alpha value is -4.16. The molecular weight excluding hydrogens is 456 g/mol. The molecular formula is C38H32. The lowest BCUT2D eigenvalue weighted by atomic mass is 9.81. The Morgan fingerprint density at radius 1 is 0.474 bits per heavy atom. The molecule has 0 N–H and O–H groups in total. The lowest BCUT2D eigenvalue weighted by Crippen LogP contribution is -2.31. The van der Waals surface area contributed by atoms with Crippen molar-refractivity contribution in [2.24, 2.45) is 0 Å². The van der Waals surface area contributed by atoms with Gasteiger partial charge in [0.25, 0.3) is 0 Å². The minimum Gasteiger partial charge on any atom is -0.0757 e. The molecule has 0 saturated heterocycles. The number of fused-ring (bicyclic) bond motifs is 4. The van der Waals surface area contributed by atoms with Gasteiger partial charge in [0.1, 0.15) is 0 Å². The molecule has 6 aromatic carbocycles. The molecule has 0 aliphatic heterocycles. The minimum absolute atomic E-state index is 0.0731. The molecule has 0 fully saturated rings. The largest absolute Gasteiger partial charge is 0.0757 e. The summed E-state index contributed by atoms with van der Waals surface area (Å²) in [7, 11) is 0. The zero-order chi connectivity index (χ0) is 25.9. The fourth-order valence-electron chi connectivity index (χ4n) is 6.19. The first-order chi connectivity index (χ1) is 18.5. The molecule has 0 heterocycles. The first-order valence-corrected chi connectivity index (χ1v) is 13.8. The first kappa shape index (κ1) is 23.0. The molecule has 0 aromatic heterocycles. The van der Waals surface area contributed by atoms with Crippen LogP contribution < -0.4 is 10.4 Å². The molecule has 6 aromatic rings. The molecule has 1 aliphatic rings. The lowest BCUT2D eigenvalue weighted by Gasteiger charge is -2.23. The van der Waals surface area contributed by atoms with Gasteiger partial charge in [-0.1, -0.05) is 118 Å². The van der Waals surface area contributed by atoms with Gasteiger partial charge in [-0.05, 0) is 107 Å².